The van der Waals surface area contributed by atoms with Crippen LogP contribution in [0.15, 0.2) is 79.1 Å². The summed E-state index contributed by atoms with van der Waals surface area (Å²) in [6.07, 6.45) is 6.59. The highest BCUT2D eigenvalue weighted by Gasteiger charge is 2.39. The third-order valence-corrected chi connectivity index (χ3v) is 8.64. The van der Waals surface area contributed by atoms with Gasteiger partial charge in [-0.2, -0.15) is 0 Å². The second kappa shape index (κ2) is 19.4. The number of allylic oxidation sites excluding steroid dienone is 1. The van der Waals surface area contributed by atoms with Gasteiger partial charge in [0.05, 0.1) is 0 Å². The van der Waals surface area contributed by atoms with Gasteiger partial charge in [0.25, 0.3) is 0 Å². The summed E-state index contributed by atoms with van der Waals surface area (Å²) in [5, 5.41) is 5.97. The van der Waals surface area contributed by atoms with E-state index in [1.807, 2.05) is 83.2 Å². The maximum absolute atomic E-state index is 14.3. The Hall–Kier alpha value is -4.82. The predicted molar refractivity (Wildman–Crippen MR) is 196 cm³/mol. The van der Waals surface area contributed by atoms with E-state index in [0.29, 0.717) is 37.6 Å². The van der Waals surface area contributed by atoms with Crippen LogP contribution in [0.25, 0.3) is 0 Å². The molecule has 0 aliphatic carbocycles. The maximum Gasteiger partial charge on any atom is 0.245 e. The molecule has 0 radical (unpaired) electrons. The van der Waals surface area contributed by atoms with Crippen LogP contribution in [0.5, 0.6) is 11.5 Å². The first-order valence-electron chi connectivity index (χ1n) is 17.4. The van der Waals surface area contributed by atoms with E-state index in [2.05, 4.69) is 22.9 Å². The SMILES string of the molecule is C=C=CCOc1ccc(CC2NC(=O)C(CC(C)C)N(C)C(=O)C(Cc3ccc(OCC=CC)cc3)NC(=O)C(CC(C)C)N(C)C2=O)cc1. The Bertz CT molecular complexity index is 1500. The molecular weight excluding hydrogens is 632 g/mol. The Morgan fingerprint density at radius 3 is 1.48 bits per heavy atom. The Kier molecular flexibility index (Phi) is 15.4. The van der Waals surface area contributed by atoms with Crippen molar-refractivity contribution in [2.75, 3.05) is 27.3 Å². The number of likely N-dealkylation sites (N-methyl/N-ethyl adjacent to an activating group) is 2. The minimum absolute atomic E-state index is 0.0628. The molecule has 4 amide bonds. The molecule has 1 fully saturated rings. The summed E-state index contributed by atoms with van der Waals surface area (Å²) < 4.78 is 11.4. The van der Waals surface area contributed by atoms with E-state index < -0.39 is 41.9 Å². The molecular formula is C40H54N4O6. The summed E-state index contributed by atoms with van der Waals surface area (Å²) >= 11 is 0. The third kappa shape index (κ3) is 11.7. The summed E-state index contributed by atoms with van der Waals surface area (Å²) in [4.78, 5) is 59.5. The lowest BCUT2D eigenvalue weighted by atomic mass is 9.96. The van der Waals surface area contributed by atoms with Gasteiger partial charge in [0.15, 0.2) is 0 Å². The lowest BCUT2D eigenvalue weighted by Gasteiger charge is -2.37. The molecule has 10 heteroatoms. The van der Waals surface area contributed by atoms with Crippen LogP contribution < -0.4 is 20.1 Å². The number of carbonyl (C=O) groups excluding carboxylic acids is 4. The van der Waals surface area contributed by atoms with Gasteiger partial charge in [0.2, 0.25) is 23.6 Å². The summed E-state index contributed by atoms with van der Waals surface area (Å²) in [7, 11) is 3.18. The first kappa shape index (κ1) is 39.6. The van der Waals surface area contributed by atoms with Crippen LogP contribution in [0.4, 0.5) is 0 Å². The molecule has 4 atom stereocenters. The van der Waals surface area contributed by atoms with Crippen molar-refractivity contribution in [3.05, 3.63) is 90.2 Å². The zero-order valence-corrected chi connectivity index (χ0v) is 30.6. The number of hydrogen-bond acceptors (Lipinski definition) is 6. The molecule has 0 saturated carbocycles. The second-order valence-corrected chi connectivity index (χ2v) is 13.6. The van der Waals surface area contributed by atoms with Crippen molar-refractivity contribution in [2.24, 2.45) is 11.8 Å². The molecule has 4 unspecified atom stereocenters. The molecule has 10 nitrogen and oxygen atoms in total. The van der Waals surface area contributed by atoms with E-state index in [1.165, 1.54) is 9.80 Å². The van der Waals surface area contributed by atoms with E-state index in [0.717, 1.165) is 11.1 Å². The fraction of sp³-hybridized carbons (Fsp3) is 0.475. The topological polar surface area (TPSA) is 117 Å². The Labute approximate surface area is 297 Å². The molecule has 0 aromatic heterocycles. The van der Waals surface area contributed by atoms with E-state index in [1.54, 1.807) is 32.3 Å². The van der Waals surface area contributed by atoms with Crippen molar-refractivity contribution < 1.29 is 28.7 Å². The first-order valence-corrected chi connectivity index (χ1v) is 17.4. The smallest absolute Gasteiger partial charge is 0.245 e. The van der Waals surface area contributed by atoms with Crippen molar-refractivity contribution in [3.8, 4) is 11.5 Å². The Morgan fingerprint density at radius 1 is 0.720 bits per heavy atom. The van der Waals surface area contributed by atoms with Crippen molar-refractivity contribution in [2.45, 2.75) is 84.5 Å². The van der Waals surface area contributed by atoms with E-state index in [-0.39, 0.29) is 30.6 Å². The average Bonchev–Trinajstić information content (AvgIpc) is 3.08. The average molecular weight is 687 g/mol. The Balaban J connectivity index is 1.99. The zero-order chi connectivity index (χ0) is 36.8. The molecule has 2 aromatic carbocycles. The number of hydrogen-bond donors (Lipinski definition) is 2. The largest absolute Gasteiger partial charge is 0.490 e. The Morgan fingerprint density at radius 2 is 1.12 bits per heavy atom. The lowest BCUT2D eigenvalue weighted by Crippen LogP contribution is -2.62. The molecule has 0 spiro atoms. The van der Waals surface area contributed by atoms with Gasteiger partial charge in [-0.05, 0) is 73.1 Å². The predicted octanol–water partition coefficient (Wildman–Crippen LogP) is 4.88. The molecule has 1 aliphatic rings. The van der Waals surface area contributed by atoms with Crippen LogP contribution in [0, 0.1) is 11.8 Å². The van der Waals surface area contributed by atoms with Gasteiger partial charge in [-0.15, -0.1) is 5.73 Å². The van der Waals surface area contributed by atoms with Gasteiger partial charge in [0, 0.05) is 26.9 Å². The highest BCUT2D eigenvalue weighted by atomic mass is 16.5. The van der Waals surface area contributed by atoms with Gasteiger partial charge in [-0.3, -0.25) is 19.2 Å². The molecule has 3 rings (SSSR count). The standard InChI is InChI=1S/C40H54N4O6/c1-9-11-21-49-31-17-13-29(14-18-31)25-33-39(47)43(7)36(24-28(5)6)38(46)42-34(26-30-15-19-32(20-16-30)50-22-12-10-2)40(48)44(8)35(23-27(3)4)37(45)41-33/h10-20,27-28,33-36H,1,21-26H2,2-8H3,(H,41,45)(H,42,46). The summed E-state index contributed by atoms with van der Waals surface area (Å²) in [6.45, 7) is 14.1. The van der Waals surface area contributed by atoms with Crippen LogP contribution in [0.2, 0.25) is 0 Å². The molecule has 2 N–H and O–H groups in total. The number of rotatable bonds is 14. The summed E-state index contributed by atoms with van der Waals surface area (Å²) in [5.74, 6) is -0.174. The maximum atomic E-state index is 14.3. The highest BCUT2D eigenvalue weighted by Crippen LogP contribution is 2.21. The number of carbonyl (C=O) groups is 4. The fourth-order valence-electron chi connectivity index (χ4n) is 5.86. The van der Waals surface area contributed by atoms with Crippen LogP contribution in [0.3, 0.4) is 0 Å². The monoisotopic (exact) mass is 686 g/mol. The number of benzene rings is 2. The number of nitrogens with one attached hydrogen (secondary N) is 2. The van der Waals surface area contributed by atoms with Crippen LogP contribution >= 0.6 is 0 Å². The van der Waals surface area contributed by atoms with Crippen molar-refractivity contribution in [3.63, 3.8) is 0 Å². The molecule has 50 heavy (non-hydrogen) atoms. The first-order chi connectivity index (χ1) is 23.8. The molecule has 1 aliphatic heterocycles. The molecule has 1 saturated heterocycles. The van der Waals surface area contributed by atoms with E-state index >= 15 is 0 Å². The van der Waals surface area contributed by atoms with Gasteiger partial charge in [-0.1, -0.05) is 70.7 Å². The van der Waals surface area contributed by atoms with Crippen LogP contribution in [-0.4, -0.2) is 84.9 Å². The molecule has 2 aromatic rings. The normalized spacial score (nSPS) is 20.7. The summed E-state index contributed by atoms with van der Waals surface area (Å²) in [5.41, 5.74) is 4.27. The second-order valence-electron chi connectivity index (χ2n) is 13.6. The van der Waals surface area contributed by atoms with Crippen LogP contribution in [0.1, 0.15) is 58.6 Å². The lowest BCUT2D eigenvalue weighted by molar-refractivity contribution is -0.148. The zero-order valence-electron chi connectivity index (χ0n) is 30.6. The van der Waals surface area contributed by atoms with Crippen molar-refractivity contribution >= 4 is 23.6 Å². The van der Waals surface area contributed by atoms with Gasteiger partial charge in [-0.25, -0.2) is 0 Å². The number of ether oxygens (including phenoxy) is 2. The number of amides is 4. The fourth-order valence-corrected chi connectivity index (χ4v) is 5.86. The van der Waals surface area contributed by atoms with Crippen molar-refractivity contribution in [1.82, 2.24) is 20.4 Å². The van der Waals surface area contributed by atoms with Gasteiger partial charge >= 0.3 is 0 Å². The minimum Gasteiger partial charge on any atom is -0.490 e. The number of nitrogens with zero attached hydrogens (tertiary/aromatic N) is 2. The minimum atomic E-state index is -0.979. The molecule has 0 bridgehead atoms. The van der Waals surface area contributed by atoms with Gasteiger partial charge in [0.1, 0.15) is 48.9 Å². The third-order valence-electron chi connectivity index (χ3n) is 8.64. The van der Waals surface area contributed by atoms with Crippen LogP contribution in [-0.2, 0) is 32.0 Å². The highest BCUT2D eigenvalue weighted by molar-refractivity contribution is 5.97. The molecule has 1 heterocycles. The van der Waals surface area contributed by atoms with Crippen molar-refractivity contribution in [1.29, 1.82) is 0 Å². The van der Waals surface area contributed by atoms with Gasteiger partial charge < -0.3 is 29.9 Å². The molecule has 270 valence electrons. The quantitative estimate of drug-likeness (QED) is 0.216. The summed E-state index contributed by atoms with van der Waals surface area (Å²) in [6, 6.07) is 11.0. The van der Waals surface area contributed by atoms with E-state index in [4.69, 9.17) is 9.47 Å². The van der Waals surface area contributed by atoms with E-state index in [9.17, 15) is 19.2 Å².